The molecule has 0 bridgehead atoms. The molecule has 1 aromatic heterocycles. The van der Waals surface area contributed by atoms with Gasteiger partial charge in [-0.2, -0.15) is 5.10 Å². The van der Waals surface area contributed by atoms with Crippen molar-refractivity contribution in [2.24, 2.45) is 5.92 Å². The Morgan fingerprint density at radius 1 is 1.35 bits per heavy atom. The molecule has 124 valence electrons. The van der Waals surface area contributed by atoms with E-state index in [2.05, 4.69) is 34.3 Å². The maximum absolute atomic E-state index is 12.2. The Kier molecular flexibility index (Phi) is 5.96. The van der Waals surface area contributed by atoms with Crippen molar-refractivity contribution in [2.75, 3.05) is 13.7 Å². The first kappa shape index (κ1) is 16.8. The van der Waals surface area contributed by atoms with E-state index < -0.39 is 0 Å². The summed E-state index contributed by atoms with van der Waals surface area (Å²) in [5.41, 5.74) is 0.498. The summed E-state index contributed by atoms with van der Waals surface area (Å²) >= 11 is 0. The molecule has 0 aliphatic heterocycles. The van der Waals surface area contributed by atoms with Gasteiger partial charge in [0, 0.05) is 5.56 Å². The van der Waals surface area contributed by atoms with Crippen LogP contribution in [-0.4, -0.2) is 34.8 Å². The van der Waals surface area contributed by atoms with Crippen LogP contribution in [0.2, 0.25) is 0 Å². The van der Waals surface area contributed by atoms with Crippen LogP contribution in [0.1, 0.15) is 36.5 Å². The van der Waals surface area contributed by atoms with Crippen LogP contribution in [0.3, 0.4) is 0 Å². The Morgan fingerprint density at radius 2 is 2.17 bits per heavy atom. The summed E-state index contributed by atoms with van der Waals surface area (Å²) in [5.74, 6) is 2.13. The topological polar surface area (TPSA) is 89.1 Å². The van der Waals surface area contributed by atoms with E-state index in [1.54, 1.807) is 25.3 Å². The Hall–Kier alpha value is -2.57. The third kappa shape index (κ3) is 4.98. The zero-order valence-corrected chi connectivity index (χ0v) is 13.6. The van der Waals surface area contributed by atoms with Gasteiger partial charge in [-0.3, -0.25) is 9.89 Å². The van der Waals surface area contributed by atoms with Crippen LogP contribution < -0.4 is 14.8 Å². The van der Waals surface area contributed by atoms with E-state index in [1.165, 1.54) is 6.33 Å². The van der Waals surface area contributed by atoms with Gasteiger partial charge in [0.05, 0.1) is 20.3 Å². The summed E-state index contributed by atoms with van der Waals surface area (Å²) in [6.45, 7) is 5.18. The summed E-state index contributed by atoms with van der Waals surface area (Å²) in [6, 6.07) is 5.13. The molecular formula is C16H22N4O3. The number of H-pyrrole nitrogens is 1. The van der Waals surface area contributed by atoms with Crippen LogP contribution in [0.4, 0.5) is 0 Å². The molecule has 0 aliphatic rings. The van der Waals surface area contributed by atoms with Gasteiger partial charge < -0.3 is 14.8 Å². The lowest BCUT2D eigenvalue weighted by atomic mass is 10.1. The minimum absolute atomic E-state index is 0.214. The smallest absolute Gasteiger partial charge is 0.251 e. The number of carbonyl (C=O) groups is 1. The molecule has 0 saturated heterocycles. The van der Waals surface area contributed by atoms with Crippen LogP contribution in [0, 0.1) is 5.92 Å². The van der Waals surface area contributed by atoms with Crippen LogP contribution in [-0.2, 0) is 6.54 Å². The van der Waals surface area contributed by atoms with Gasteiger partial charge in [-0.25, -0.2) is 4.98 Å². The molecule has 0 saturated carbocycles. The zero-order valence-electron chi connectivity index (χ0n) is 13.6. The first-order valence-electron chi connectivity index (χ1n) is 7.53. The number of methoxy groups -OCH3 is 1. The highest BCUT2D eigenvalue weighted by molar-refractivity contribution is 5.94. The number of aromatic amines is 1. The molecule has 1 amide bonds. The largest absolute Gasteiger partial charge is 0.493 e. The lowest BCUT2D eigenvalue weighted by Crippen LogP contribution is -2.23. The fraction of sp³-hybridized carbons (Fsp3) is 0.438. The number of amides is 1. The predicted molar refractivity (Wildman–Crippen MR) is 85.5 cm³/mol. The van der Waals surface area contributed by atoms with Gasteiger partial charge >= 0.3 is 0 Å². The van der Waals surface area contributed by atoms with Gasteiger partial charge in [0.15, 0.2) is 11.5 Å². The molecule has 0 radical (unpaired) electrons. The molecule has 1 aromatic carbocycles. The number of nitrogens with zero attached hydrogens (tertiary/aromatic N) is 2. The predicted octanol–water partition coefficient (Wildman–Crippen LogP) is 2.17. The van der Waals surface area contributed by atoms with Gasteiger partial charge in [-0.1, -0.05) is 13.8 Å². The second kappa shape index (κ2) is 8.17. The van der Waals surface area contributed by atoms with E-state index >= 15 is 0 Å². The highest BCUT2D eigenvalue weighted by Crippen LogP contribution is 2.28. The highest BCUT2D eigenvalue weighted by atomic mass is 16.5. The Bertz CT molecular complexity index is 626. The number of benzene rings is 1. The molecule has 2 aromatic rings. The van der Waals surface area contributed by atoms with Gasteiger partial charge in [-0.05, 0) is 30.5 Å². The van der Waals surface area contributed by atoms with Crippen LogP contribution in [0.5, 0.6) is 11.5 Å². The molecule has 2 rings (SSSR count). The summed E-state index contributed by atoms with van der Waals surface area (Å²) in [5, 5.41) is 9.18. The first-order chi connectivity index (χ1) is 11.1. The normalized spacial score (nSPS) is 10.6. The van der Waals surface area contributed by atoms with Crippen LogP contribution >= 0.6 is 0 Å². The van der Waals surface area contributed by atoms with Crippen molar-refractivity contribution in [1.29, 1.82) is 0 Å². The second-order valence-electron chi connectivity index (χ2n) is 5.51. The number of hydrogen-bond acceptors (Lipinski definition) is 5. The standard InChI is InChI=1S/C16H22N4O3/c1-11(2)6-7-23-13-5-4-12(8-14(13)22-3)16(21)17-9-15-18-10-19-20-15/h4-5,8,10-11H,6-7,9H2,1-3H3,(H,17,21)(H,18,19,20). The minimum atomic E-state index is -0.214. The molecule has 0 aliphatic carbocycles. The Morgan fingerprint density at radius 3 is 2.83 bits per heavy atom. The van der Waals surface area contributed by atoms with E-state index in [0.29, 0.717) is 35.4 Å². The molecule has 0 atom stereocenters. The van der Waals surface area contributed by atoms with Crippen molar-refractivity contribution in [1.82, 2.24) is 20.5 Å². The molecule has 0 unspecified atom stereocenters. The third-order valence-electron chi connectivity index (χ3n) is 3.26. The fourth-order valence-electron chi connectivity index (χ4n) is 1.91. The number of nitrogens with one attached hydrogen (secondary N) is 2. The third-order valence-corrected chi connectivity index (χ3v) is 3.26. The number of hydrogen-bond donors (Lipinski definition) is 2. The zero-order chi connectivity index (χ0) is 16.7. The van der Waals surface area contributed by atoms with Crippen molar-refractivity contribution in [2.45, 2.75) is 26.8 Å². The number of rotatable bonds is 8. The van der Waals surface area contributed by atoms with Crippen molar-refractivity contribution in [3.05, 3.63) is 35.9 Å². The lowest BCUT2D eigenvalue weighted by molar-refractivity contribution is 0.0949. The number of carbonyl (C=O) groups excluding carboxylic acids is 1. The van der Waals surface area contributed by atoms with E-state index in [-0.39, 0.29) is 12.5 Å². The summed E-state index contributed by atoms with van der Waals surface area (Å²) in [4.78, 5) is 16.1. The minimum Gasteiger partial charge on any atom is -0.493 e. The van der Waals surface area contributed by atoms with Gasteiger partial charge in [0.1, 0.15) is 12.2 Å². The van der Waals surface area contributed by atoms with Crippen LogP contribution in [0.15, 0.2) is 24.5 Å². The van der Waals surface area contributed by atoms with Crippen molar-refractivity contribution in [3.63, 3.8) is 0 Å². The number of ether oxygens (including phenoxy) is 2. The highest BCUT2D eigenvalue weighted by Gasteiger charge is 2.11. The maximum Gasteiger partial charge on any atom is 0.251 e. The Balaban J connectivity index is 1.98. The van der Waals surface area contributed by atoms with E-state index in [1.807, 2.05) is 0 Å². The van der Waals surface area contributed by atoms with Gasteiger partial charge in [0.2, 0.25) is 0 Å². The average Bonchev–Trinajstić information content (AvgIpc) is 3.06. The monoisotopic (exact) mass is 318 g/mol. The lowest BCUT2D eigenvalue weighted by Gasteiger charge is -2.13. The van der Waals surface area contributed by atoms with E-state index in [0.717, 1.165) is 6.42 Å². The quantitative estimate of drug-likeness (QED) is 0.778. The number of aromatic nitrogens is 3. The molecular weight excluding hydrogens is 296 g/mol. The van der Waals surface area contributed by atoms with Crippen molar-refractivity contribution < 1.29 is 14.3 Å². The Labute approximate surface area is 135 Å². The molecule has 23 heavy (non-hydrogen) atoms. The fourth-order valence-corrected chi connectivity index (χ4v) is 1.91. The van der Waals surface area contributed by atoms with Crippen molar-refractivity contribution >= 4 is 5.91 Å². The van der Waals surface area contributed by atoms with Crippen molar-refractivity contribution in [3.8, 4) is 11.5 Å². The second-order valence-corrected chi connectivity index (χ2v) is 5.51. The molecule has 2 N–H and O–H groups in total. The molecule has 0 spiro atoms. The first-order valence-corrected chi connectivity index (χ1v) is 7.53. The molecule has 1 heterocycles. The van der Waals surface area contributed by atoms with Gasteiger partial charge in [-0.15, -0.1) is 0 Å². The molecule has 0 fully saturated rings. The molecule has 7 heteroatoms. The summed E-state index contributed by atoms with van der Waals surface area (Å²) in [7, 11) is 1.56. The van der Waals surface area contributed by atoms with E-state index in [9.17, 15) is 4.79 Å². The summed E-state index contributed by atoms with van der Waals surface area (Å²) in [6.07, 6.45) is 2.36. The molecule has 7 nitrogen and oxygen atoms in total. The van der Waals surface area contributed by atoms with Gasteiger partial charge in [0.25, 0.3) is 5.91 Å². The van der Waals surface area contributed by atoms with Crippen LogP contribution in [0.25, 0.3) is 0 Å². The average molecular weight is 318 g/mol. The maximum atomic E-state index is 12.2. The summed E-state index contributed by atoms with van der Waals surface area (Å²) < 4.78 is 11.0. The van der Waals surface area contributed by atoms with E-state index in [4.69, 9.17) is 9.47 Å². The SMILES string of the molecule is COc1cc(C(=O)NCc2ncn[nH]2)ccc1OCCC(C)C.